The van der Waals surface area contributed by atoms with Crippen LogP contribution < -0.4 is 10.2 Å². The summed E-state index contributed by atoms with van der Waals surface area (Å²) in [6.45, 7) is 3.33. The molecule has 1 heterocycles. The monoisotopic (exact) mass is 291 g/mol. The van der Waals surface area contributed by atoms with E-state index in [0.29, 0.717) is 24.4 Å². The summed E-state index contributed by atoms with van der Waals surface area (Å²) in [5, 5.41) is 11.5. The number of hydrogen-bond donors (Lipinski definition) is 1. The Balaban J connectivity index is 2.04. The third kappa shape index (κ3) is 3.85. The first kappa shape index (κ1) is 15.1. The van der Waals surface area contributed by atoms with E-state index in [0.717, 1.165) is 19.4 Å². The van der Waals surface area contributed by atoms with Crippen LogP contribution in [0.15, 0.2) is 18.2 Å². The van der Waals surface area contributed by atoms with E-state index in [9.17, 15) is 9.18 Å². The molecule has 1 saturated heterocycles. The number of hydrogen-bond acceptors (Lipinski definition) is 4. The smallest absolute Gasteiger partial charge is 0.407 e. The molecule has 1 aromatic carbocycles. The minimum absolute atomic E-state index is 0.0622. The molecule has 0 aromatic heterocycles. The summed E-state index contributed by atoms with van der Waals surface area (Å²) in [6.07, 6.45) is 1.26. The summed E-state index contributed by atoms with van der Waals surface area (Å²) in [5.74, 6) is -0.411. The molecule has 0 saturated carbocycles. The lowest BCUT2D eigenvalue weighted by atomic mass is 10.0. The minimum Gasteiger partial charge on any atom is -0.450 e. The average molecular weight is 291 g/mol. The highest BCUT2D eigenvalue weighted by molar-refractivity contribution is 5.67. The van der Waals surface area contributed by atoms with Crippen molar-refractivity contribution in [2.75, 3.05) is 24.6 Å². The van der Waals surface area contributed by atoms with E-state index < -0.39 is 11.9 Å². The van der Waals surface area contributed by atoms with Crippen LogP contribution in [0.3, 0.4) is 0 Å². The molecule has 1 aromatic rings. The molecule has 1 atom stereocenters. The number of halogens is 1. The van der Waals surface area contributed by atoms with Crippen LogP contribution in [-0.4, -0.2) is 31.8 Å². The zero-order chi connectivity index (χ0) is 15.2. The van der Waals surface area contributed by atoms with Gasteiger partial charge in [0, 0.05) is 19.1 Å². The zero-order valence-corrected chi connectivity index (χ0v) is 11.9. The quantitative estimate of drug-likeness (QED) is 0.928. The van der Waals surface area contributed by atoms with Gasteiger partial charge in [0.2, 0.25) is 0 Å². The Morgan fingerprint density at radius 1 is 1.62 bits per heavy atom. The Morgan fingerprint density at radius 3 is 3.10 bits per heavy atom. The number of rotatable bonds is 3. The maximum absolute atomic E-state index is 14.0. The van der Waals surface area contributed by atoms with E-state index in [1.165, 1.54) is 6.07 Å². The second-order valence-corrected chi connectivity index (χ2v) is 4.93. The fourth-order valence-corrected chi connectivity index (χ4v) is 2.49. The third-order valence-electron chi connectivity index (χ3n) is 3.44. The van der Waals surface area contributed by atoms with Crippen molar-refractivity contribution in [3.63, 3.8) is 0 Å². The summed E-state index contributed by atoms with van der Waals surface area (Å²) >= 11 is 0. The van der Waals surface area contributed by atoms with Crippen molar-refractivity contribution in [3.8, 4) is 6.07 Å². The number of carbonyl (C=O) groups excluding carboxylic acids is 1. The lowest BCUT2D eigenvalue weighted by Crippen LogP contribution is -2.48. The lowest BCUT2D eigenvalue weighted by Gasteiger charge is -2.34. The van der Waals surface area contributed by atoms with Crippen molar-refractivity contribution in [3.05, 3.63) is 29.6 Å². The fourth-order valence-electron chi connectivity index (χ4n) is 2.49. The van der Waals surface area contributed by atoms with Crippen molar-refractivity contribution in [2.24, 2.45) is 0 Å². The van der Waals surface area contributed by atoms with Crippen molar-refractivity contribution in [1.29, 1.82) is 5.26 Å². The minimum atomic E-state index is -0.440. The van der Waals surface area contributed by atoms with E-state index >= 15 is 0 Å². The topological polar surface area (TPSA) is 65.4 Å². The van der Waals surface area contributed by atoms with Crippen LogP contribution >= 0.6 is 0 Å². The van der Waals surface area contributed by atoms with Gasteiger partial charge in [0.1, 0.15) is 5.82 Å². The summed E-state index contributed by atoms with van der Waals surface area (Å²) in [5.41, 5.74) is 0.763. The standard InChI is InChI=1S/C15H18FN3O2/c1-2-21-15(20)18-12-4-3-7-19(10-12)14-6-5-11(9-17)8-13(14)16/h5-6,8,12H,2-4,7,10H2,1H3,(H,18,20)/t12-/m0/s1. The van der Waals surface area contributed by atoms with Crippen LogP contribution in [0.4, 0.5) is 14.9 Å². The van der Waals surface area contributed by atoms with Gasteiger partial charge in [0.15, 0.2) is 0 Å². The highest BCUT2D eigenvalue weighted by Gasteiger charge is 2.23. The number of amides is 1. The van der Waals surface area contributed by atoms with Crippen molar-refractivity contribution >= 4 is 11.8 Å². The van der Waals surface area contributed by atoms with Gasteiger partial charge in [-0.05, 0) is 38.0 Å². The number of carbonyl (C=O) groups is 1. The molecule has 1 aliphatic rings. The van der Waals surface area contributed by atoms with Crippen LogP contribution in [0.2, 0.25) is 0 Å². The SMILES string of the molecule is CCOC(=O)N[C@H]1CCCN(c2ccc(C#N)cc2F)C1. The van der Waals surface area contributed by atoms with Crippen LogP contribution in [0.1, 0.15) is 25.3 Å². The van der Waals surface area contributed by atoms with Gasteiger partial charge < -0.3 is 15.0 Å². The summed E-state index contributed by atoms with van der Waals surface area (Å²) in [6, 6.07) is 6.30. The largest absolute Gasteiger partial charge is 0.450 e. The second kappa shape index (κ2) is 6.93. The molecule has 6 heteroatoms. The van der Waals surface area contributed by atoms with Gasteiger partial charge in [-0.2, -0.15) is 5.26 Å². The number of nitrogens with one attached hydrogen (secondary N) is 1. The van der Waals surface area contributed by atoms with Gasteiger partial charge in [0.25, 0.3) is 0 Å². The van der Waals surface area contributed by atoms with Gasteiger partial charge in [-0.3, -0.25) is 0 Å². The number of nitrogens with zero attached hydrogens (tertiary/aromatic N) is 2. The van der Waals surface area contributed by atoms with Gasteiger partial charge in [-0.25, -0.2) is 9.18 Å². The summed E-state index contributed by atoms with van der Waals surface area (Å²) in [7, 11) is 0. The maximum atomic E-state index is 14.0. The molecule has 21 heavy (non-hydrogen) atoms. The number of ether oxygens (including phenoxy) is 1. The molecule has 1 N–H and O–H groups in total. The van der Waals surface area contributed by atoms with Crippen molar-refractivity contribution in [2.45, 2.75) is 25.8 Å². The molecule has 0 bridgehead atoms. The molecule has 1 aliphatic heterocycles. The first-order chi connectivity index (χ1) is 10.1. The molecular weight excluding hydrogens is 273 g/mol. The van der Waals surface area contributed by atoms with E-state index in [-0.39, 0.29) is 6.04 Å². The van der Waals surface area contributed by atoms with Crippen LogP contribution in [0.25, 0.3) is 0 Å². The van der Waals surface area contributed by atoms with Crippen molar-refractivity contribution in [1.82, 2.24) is 5.32 Å². The normalized spacial score (nSPS) is 18.0. The van der Waals surface area contributed by atoms with Gasteiger partial charge in [0.05, 0.1) is 23.9 Å². The summed E-state index contributed by atoms with van der Waals surface area (Å²) < 4.78 is 18.9. The van der Waals surface area contributed by atoms with Gasteiger partial charge in [-0.1, -0.05) is 0 Å². The highest BCUT2D eigenvalue weighted by Crippen LogP contribution is 2.24. The molecule has 0 radical (unpaired) electrons. The van der Waals surface area contributed by atoms with Gasteiger partial charge in [-0.15, -0.1) is 0 Å². The van der Waals surface area contributed by atoms with Crippen LogP contribution in [0.5, 0.6) is 0 Å². The zero-order valence-electron chi connectivity index (χ0n) is 11.9. The molecular formula is C15H18FN3O2. The Bertz CT molecular complexity index is 556. The van der Waals surface area contributed by atoms with Crippen LogP contribution in [-0.2, 0) is 4.74 Å². The Kier molecular flexibility index (Phi) is 4.99. The molecule has 5 nitrogen and oxygen atoms in total. The van der Waals surface area contributed by atoms with E-state index in [1.54, 1.807) is 19.1 Å². The Hall–Kier alpha value is -2.29. The Morgan fingerprint density at radius 2 is 2.43 bits per heavy atom. The summed E-state index contributed by atoms with van der Waals surface area (Å²) in [4.78, 5) is 13.3. The predicted molar refractivity (Wildman–Crippen MR) is 76.5 cm³/mol. The lowest BCUT2D eigenvalue weighted by molar-refractivity contribution is 0.146. The number of piperidine rings is 1. The highest BCUT2D eigenvalue weighted by atomic mass is 19.1. The fraction of sp³-hybridized carbons (Fsp3) is 0.467. The Labute approximate surface area is 123 Å². The number of alkyl carbamates (subject to hydrolysis) is 1. The molecule has 0 aliphatic carbocycles. The second-order valence-electron chi connectivity index (χ2n) is 4.93. The number of nitriles is 1. The predicted octanol–water partition coefficient (Wildman–Crippen LogP) is 2.41. The molecule has 1 fully saturated rings. The third-order valence-corrected chi connectivity index (χ3v) is 3.44. The number of anilines is 1. The molecule has 1 amide bonds. The molecule has 0 spiro atoms. The van der Waals surface area contributed by atoms with Crippen LogP contribution in [0, 0.1) is 17.1 Å². The first-order valence-corrected chi connectivity index (χ1v) is 7.02. The first-order valence-electron chi connectivity index (χ1n) is 7.02. The maximum Gasteiger partial charge on any atom is 0.407 e. The molecule has 112 valence electrons. The number of benzene rings is 1. The van der Waals surface area contributed by atoms with Crippen molar-refractivity contribution < 1.29 is 13.9 Å². The molecule has 2 rings (SSSR count). The molecule has 0 unspecified atom stereocenters. The van der Waals surface area contributed by atoms with E-state index in [2.05, 4.69) is 5.32 Å². The van der Waals surface area contributed by atoms with Gasteiger partial charge >= 0.3 is 6.09 Å². The average Bonchev–Trinajstić information content (AvgIpc) is 2.47. The van der Waals surface area contributed by atoms with E-state index in [4.69, 9.17) is 10.00 Å². The van der Waals surface area contributed by atoms with E-state index in [1.807, 2.05) is 11.0 Å².